The summed E-state index contributed by atoms with van der Waals surface area (Å²) >= 11 is 0. The fourth-order valence-electron chi connectivity index (χ4n) is 1.45. The van der Waals surface area contributed by atoms with E-state index in [2.05, 4.69) is 15.3 Å². The molecule has 3 N–H and O–H groups in total. The van der Waals surface area contributed by atoms with E-state index >= 15 is 0 Å². The number of anilines is 1. The summed E-state index contributed by atoms with van der Waals surface area (Å²) < 4.78 is 0. The number of hydrogen-bond donors (Lipinski definition) is 3. The van der Waals surface area contributed by atoms with Crippen LogP contribution in [0.5, 0.6) is 0 Å². The number of aromatic amines is 1. The molecule has 0 aliphatic heterocycles. The van der Waals surface area contributed by atoms with Gasteiger partial charge in [0.15, 0.2) is 0 Å². The number of nitrogens with one attached hydrogen (secondary N) is 2. The Balaban J connectivity index is 2.56. The van der Waals surface area contributed by atoms with Crippen LogP contribution in [0, 0.1) is 0 Å². The Morgan fingerprint density at radius 1 is 1.47 bits per heavy atom. The summed E-state index contributed by atoms with van der Waals surface area (Å²) in [5.74, 6) is 1.49. The lowest BCUT2D eigenvalue weighted by molar-refractivity contribution is 0.183. The van der Waals surface area contributed by atoms with Crippen molar-refractivity contribution in [1.29, 1.82) is 0 Å². The third-order valence-corrected chi connectivity index (χ3v) is 2.41. The molecule has 0 saturated heterocycles. The van der Waals surface area contributed by atoms with Gasteiger partial charge in [0.1, 0.15) is 11.6 Å². The summed E-state index contributed by atoms with van der Waals surface area (Å²) in [4.78, 5) is 18.4. The maximum absolute atomic E-state index is 11.4. The number of rotatable bonds is 6. The van der Waals surface area contributed by atoms with Gasteiger partial charge >= 0.3 is 0 Å². The SMILES string of the molecule is CC(O)CCCNc1cc(=O)[nH]c(C(C)C)n1. The first kappa shape index (κ1) is 13.7. The van der Waals surface area contributed by atoms with Crippen molar-refractivity contribution in [2.24, 2.45) is 0 Å². The molecule has 0 aliphatic rings. The second-order valence-electron chi connectivity index (χ2n) is 4.59. The van der Waals surface area contributed by atoms with Crippen LogP contribution in [0.1, 0.15) is 45.4 Å². The first-order valence-corrected chi connectivity index (χ1v) is 6.02. The fraction of sp³-hybridized carbons (Fsp3) is 0.667. The van der Waals surface area contributed by atoms with Crippen molar-refractivity contribution in [3.8, 4) is 0 Å². The van der Waals surface area contributed by atoms with Gasteiger partial charge in [0.2, 0.25) is 0 Å². The Kier molecular flexibility index (Phi) is 5.15. The molecule has 0 amide bonds. The number of H-pyrrole nitrogens is 1. The third-order valence-electron chi connectivity index (χ3n) is 2.41. The molecular formula is C12H21N3O2. The Bertz CT molecular complexity index is 399. The second kappa shape index (κ2) is 6.39. The highest BCUT2D eigenvalue weighted by atomic mass is 16.3. The third kappa shape index (κ3) is 4.99. The molecule has 1 heterocycles. The van der Waals surface area contributed by atoms with Crippen LogP contribution in [-0.2, 0) is 0 Å². The van der Waals surface area contributed by atoms with Crippen LogP contribution >= 0.6 is 0 Å². The molecule has 0 radical (unpaired) electrons. The molecule has 1 atom stereocenters. The average molecular weight is 239 g/mol. The molecule has 0 saturated carbocycles. The monoisotopic (exact) mass is 239 g/mol. The van der Waals surface area contributed by atoms with Crippen molar-refractivity contribution in [1.82, 2.24) is 9.97 Å². The fourth-order valence-corrected chi connectivity index (χ4v) is 1.45. The topological polar surface area (TPSA) is 78.0 Å². The zero-order valence-corrected chi connectivity index (χ0v) is 10.7. The van der Waals surface area contributed by atoms with Gasteiger partial charge in [0.05, 0.1) is 6.10 Å². The molecule has 0 aliphatic carbocycles. The van der Waals surface area contributed by atoms with E-state index in [0.717, 1.165) is 12.8 Å². The Hall–Kier alpha value is -1.36. The van der Waals surface area contributed by atoms with Gasteiger partial charge in [-0.15, -0.1) is 0 Å². The van der Waals surface area contributed by atoms with Crippen LogP contribution in [0.2, 0.25) is 0 Å². The summed E-state index contributed by atoms with van der Waals surface area (Å²) in [5.41, 5.74) is -0.137. The predicted octanol–water partition coefficient (Wildman–Crippen LogP) is 1.47. The van der Waals surface area contributed by atoms with Gasteiger partial charge in [-0.2, -0.15) is 0 Å². The summed E-state index contributed by atoms with van der Waals surface area (Å²) in [6.07, 6.45) is 1.31. The molecule has 0 fully saturated rings. The lowest BCUT2D eigenvalue weighted by Gasteiger charge is -2.09. The quantitative estimate of drug-likeness (QED) is 0.657. The molecule has 5 heteroatoms. The van der Waals surface area contributed by atoms with Gasteiger partial charge < -0.3 is 15.4 Å². The summed E-state index contributed by atoms with van der Waals surface area (Å²) in [6.45, 7) is 6.44. The second-order valence-corrected chi connectivity index (χ2v) is 4.59. The van der Waals surface area contributed by atoms with Crippen LogP contribution in [0.4, 0.5) is 5.82 Å². The molecule has 0 bridgehead atoms. The van der Waals surface area contributed by atoms with Crippen molar-refractivity contribution in [2.75, 3.05) is 11.9 Å². The predicted molar refractivity (Wildman–Crippen MR) is 68.4 cm³/mol. The molecule has 1 aromatic rings. The highest BCUT2D eigenvalue weighted by Crippen LogP contribution is 2.09. The number of aliphatic hydroxyl groups excluding tert-OH is 1. The zero-order chi connectivity index (χ0) is 12.8. The molecule has 5 nitrogen and oxygen atoms in total. The lowest BCUT2D eigenvalue weighted by atomic mass is 10.2. The Morgan fingerprint density at radius 2 is 2.18 bits per heavy atom. The molecule has 1 aromatic heterocycles. The van der Waals surface area contributed by atoms with Crippen LogP contribution in [-0.4, -0.2) is 27.7 Å². The summed E-state index contributed by atoms with van der Waals surface area (Å²) in [5, 5.41) is 12.2. The molecule has 0 aromatic carbocycles. The minimum absolute atomic E-state index is 0.137. The van der Waals surface area contributed by atoms with Gasteiger partial charge in [0, 0.05) is 18.5 Å². The maximum Gasteiger partial charge on any atom is 0.252 e. The van der Waals surface area contributed by atoms with E-state index < -0.39 is 0 Å². The molecule has 17 heavy (non-hydrogen) atoms. The van der Waals surface area contributed by atoms with Crippen molar-refractivity contribution < 1.29 is 5.11 Å². The first-order chi connectivity index (χ1) is 7.99. The molecular weight excluding hydrogens is 218 g/mol. The van der Waals surface area contributed by atoms with Crippen molar-refractivity contribution in [2.45, 2.75) is 45.6 Å². The average Bonchev–Trinajstić information content (AvgIpc) is 2.23. The van der Waals surface area contributed by atoms with Crippen LogP contribution < -0.4 is 10.9 Å². The number of hydrogen-bond acceptors (Lipinski definition) is 4. The molecule has 1 rings (SSSR count). The molecule has 0 spiro atoms. The maximum atomic E-state index is 11.4. The number of aliphatic hydroxyl groups is 1. The van der Waals surface area contributed by atoms with Gasteiger partial charge in [-0.05, 0) is 19.8 Å². The van der Waals surface area contributed by atoms with E-state index in [0.29, 0.717) is 18.2 Å². The van der Waals surface area contributed by atoms with Gasteiger partial charge in [-0.1, -0.05) is 13.8 Å². The number of aromatic nitrogens is 2. The van der Waals surface area contributed by atoms with Crippen molar-refractivity contribution in [3.05, 3.63) is 22.2 Å². The molecule has 96 valence electrons. The van der Waals surface area contributed by atoms with Gasteiger partial charge in [0.25, 0.3) is 5.56 Å². The zero-order valence-electron chi connectivity index (χ0n) is 10.7. The normalized spacial score (nSPS) is 12.8. The van der Waals surface area contributed by atoms with E-state index in [1.165, 1.54) is 6.07 Å². The van der Waals surface area contributed by atoms with Gasteiger partial charge in [-0.3, -0.25) is 4.79 Å². The van der Waals surface area contributed by atoms with E-state index in [-0.39, 0.29) is 17.6 Å². The first-order valence-electron chi connectivity index (χ1n) is 6.02. The van der Waals surface area contributed by atoms with E-state index in [9.17, 15) is 4.79 Å². The van der Waals surface area contributed by atoms with E-state index in [1.807, 2.05) is 13.8 Å². The van der Waals surface area contributed by atoms with Crippen LogP contribution in [0.3, 0.4) is 0 Å². The van der Waals surface area contributed by atoms with Gasteiger partial charge in [-0.25, -0.2) is 4.98 Å². The lowest BCUT2D eigenvalue weighted by Crippen LogP contribution is -2.15. The van der Waals surface area contributed by atoms with Crippen LogP contribution in [0.25, 0.3) is 0 Å². The Labute approximate surface area is 101 Å². The summed E-state index contributed by atoms with van der Waals surface area (Å²) in [6, 6.07) is 1.45. The standard InChI is InChI=1S/C12H21N3O2/c1-8(2)12-14-10(7-11(17)15-12)13-6-4-5-9(3)16/h7-9,16H,4-6H2,1-3H3,(H2,13,14,15,17). The number of nitrogens with zero attached hydrogens (tertiary/aromatic N) is 1. The molecule has 1 unspecified atom stereocenters. The van der Waals surface area contributed by atoms with Crippen molar-refractivity contribution in [3.63, 3.8) is 0 Å². The van der Waals surface area contributed by atoms with E-state index in [1.54, 1.807) is 6.92 Å². The Morgan fingerprint density at radius 3 is 2.76 bits per heavy atom. The highest BCUT2D eigenvalue weighted by Gasteiger charge is 2.04. The minimum atomic E-state index is -0.282. The van der Waals surface area contributed by atoms with Crippen molar-refractivity contribution >= 4 is 5.82 Å². The smallest absolute Gasteiger partial charge is 0.252 e. The highest BCUT2D eigenvalue weighted by molar-refractivity contribution is 5.33. The van der Waals surface area contributed by atoms with Crippen LogP contribution in [0.15, 0.2) is 10.9 Å². The largest absolute Gasteiger partial charge is 0.393 e. The van der Waals surface area contributed by atoms with E-state index in [4.69, 9.17) is 5.11 Å². The minimum Gasteiger partial charge on any atom is -0.393 e. The summed E-state index contributed by atoms with van der Waals surface area (Å²) in [7, 11) is 0.